The van der Waals surface area contributed by atoms with Crippen LogP contribution in [0.25, 0.3) is 11.0 Å². The Hall–Kier alpha value is -3.38. The number of halogens is 1. The number of nitrogens with zero attached hydrogens (tertiary/aromatic N) is 1. The Morgan fingerprint density at radius 3 is 2.57 bits per heavy atom. The van der Waals surface area contributed by atoms with Gasteiger partial charge in [-0.05, 0) is 42.0 Å². The van der Waals surface area contributed by atoms with E-state index in [1.165, 1.54) is 0 Å². The van der Waals surface area contributed by atoms with Gasteiger partial charge in [0.05, 0.1) is 24.1 Å². The van der Waals surface area contributed by atoms with Crippen molar-refractivity contribution < 1.29 is 13.9 Å². The van der Waals surface area contributed by atoms with E-state index in [4.69, 9.17) is 9.15 Å². The van der Waals surface area contributed by atoms with Gasteiger partial charge in [0.2, 0.25) is 5.76 Å². The van der Waals surface area contributed by atoms with Crippen LogP contribution in [0.5, 0.6) is 5.75 Å². The number of para-hydroxylation sites is 1. The summed E-state index contributed by atoms with van der Waals surface area (Å²) in [5.41, 5.74) is 1.98. The topological polar surface area (TPSA) is 59.8 Å². The van der Waals surface area contributed by atoms with Crippen molar-refractivity contribution in [3.63, 3.8) is 0 Å². The Morgan fingerprint density at radius 1 is 0.967 bits per heavy atom. The van der Waals surface area contributed by atoms with Crippen molar-refractivity contribution in [2.75, 3.05) is 12.0 Å². The van der Waals surface area contributed by atoms with E-state index in [2.05, 4.69) is 15.9 Å². The SMILES string of the molecule is COc1cccc(N2C(=O)c3oc4ccccc4c(=O)c3C2c2cccc(Br)c2)c1. The molecule has 0 saturated carbocycles. The first kappa shape index (κ1) is 18.6. The van der Waals surface area contributed by atoms with Gasteiger partial charge in [-0.3, -0.25) is 14.5 Å². The van der Waals surface area contributed by atoms with Crippen LogP contribution in [0.3, 0.4) is 0 Å². The second-order valence-corrected chi connectivity index (χ2v) is 7.92. The number of hydrogen-bond donors (Lipinski definition) is 0. The Balaban J connectivity index is 1.82. The van der Waals surface area contributed by atoms with Crippen molar-refractivity contribution >= 4 is 38.5 Å². The quantitative estimate of drug-likeness (QED) is 0.414. The Kier molecular flexibility index (Phi) is 4.44. The van der Waals surface area contributed by atoms with Gasteiger partial charge in [-0.25, -0.2) is 0 Å². The molecule has 1 aromatic heterocycles. The highest BCUT2D eigenvalue weighted by Gasteiger charge is 2.43. The van der Waals surface area contributed by atoms with Gasteiger partial charge in [0, 0.05) is 16.2 Å². The Labute approximate surface area is 180 Å². The van der Waals surface area contributed by atoms with E-state index in [-0.39, 0.29) is 17.1 Å². The number of amides is 1. The normalized spacial score (nSPS) is 15.5. The van der Waals surface area contributed by atoms with E-state index in [1.807, 2.05) is 42.5 Å². The second-order valence-electron chi connectivity index (χ2n) is 7.00. The minimum absolute atomic E-state index is 0.0755. The lowest BCUT2D eigenvalue weighted by atomic mass is 9.98. The van der Waals surface area contributed by atoms with Crippen molar-refractivity contribution in [3.8, 4) is 5.75 Å². The summed E-state index contributed by atoms with van der Waals surface area (Å²) in [6.45, 7) is 0. The highest BCUT2D eigenvalue weighted by Crippen LogP contribution is 2.42. The summed E-state index contributed by atoms with van der Waals surface area (Å²) in [5, 5.41) is 0.455. The van der Waals surface area contributed by atoms with Gasteiger partial charge < -0.3 is 9.15 Å². The molecule has 6 heteroatoms. The van der Waals surface area contributed by atoms with E-state index >= 15 is 0 Å². The molecule has 5 rings (SSSR count). The molecule has 0 aliphatic carbocycles. The maximum Gasteiger partial charge on any atom is 0.295 e. The molecule has 1 aliphatic rings. The number of methoxy groups -OCH3 is 1. The number of carbonyl (C=O) groups excluding carboxylic acids is 1. The van der Waals surface area contributed by atoms with Crippen molar-refractivity contribution in [2.45, 2.75) is 6.04 Å². The van der Waals surface area contributed by atoms with Gasteiger partial charge in [-0.2, -0.15) is 0 Å². The first-order chi connectivity index (χ1) is 14.6. The van der Waals surface area contributed by atoms with Gasteiger partial charge in [0.1, 0.15) is 11.3 Å². The molecular weight excluding hydrogens is 446 g/mol. The second kappa shape index (κ2) is 7.15. The van der Waals surface area contributed by atoms with Crippen molar-refractivity contribution in [3.05, 3.63) is 104 Å². The summed E-state index contributed by atoms with van der Waals surface area (Å²) in [5.74, 6) is 0.339. The number of fused-ring (bicyclic) bond motifs is 2. The van der Waals surface area contributed by atoms with Crippen LogP contribution in [0.2, 0.25) is 0 Å². The third kappa shape index (κ3) is 2.83. The molecule has 148 valence electrons. The fraction of sp³-hybridized carbons (Fsp3) is 0.0833. The largest absolute Gasteiger partial charge is 0.497 e. The van der Waals surface area contributed by atoms with E-state index in [9.17, 15) is 9.59 Å². The molecule has 1 unspecified atom stereocenters. The highest BCUT2D eigenvalue weighted by molar-refractivity contribution is 9.10. The third-order valence-corrected chi connectivity index (χ3v) is 5.77. The van der Waals surface area contributed by atoms with E-state index in [0.29, 0.717) is 28.0 Å². The van der Waals surface area contributed by atoms with Gasteiger partial charge in [0.25, 0.3) is 5.91 Å². The van der Waals surface area contributed by atoms with Crippen LogP contribution >= 0.6 is 15.9 Å². The zero-order valence-corrected chi connectivity index (χ0v) is 17.5. The number of benzene rings is 3. The standard InChI is InChI=1S/C24H16BrNO4/c1-29-17-9-5-8-16(13-17)26-21(14-6-4-7-15(25)12-14)20-22(27)18-10-2-3-11-19(18)30-23(20)24(26)28/h2-13,21H,1H3. The molecule has 0 spiro atoms. The van der Waals surface area contributed by atoms with Crippen LogP contribution in [-0.4, -0.2) is 13.0 Å². The molecule has 30 heavy (non-hydrogen) atoms. The summed E-state index contributed by atoms with van der Waals surface area (Å²) < 4.78 is 12.2. The minimum Gasteiger partial charge on any atom is -0.497 e. The molecule has 2 heterocycles. The molecule has 1 aliphatic heterocycles. The van der Waals surface area contributed by atoms with Crippen molar-refractivity contribution in [1.82, 2.24) is 0 Å². The number of carbonyl (C=O) groups is 1. The third-order valence-electron chi connectivity index (χ3n) is 5.27. The predicted octanol–water partition coefficient (Wildman–Crippen LogP) is 5.31. The molecule has 0 saturated heterocycles. The lowest BCUT2D eigenvalue weighted by molar-refractivity contribution is 0.0971. The van der Waals surface area contributed by atoms with Gasteiger partial charge in [0.15, 0.2) is 5.43 Å². The van der Waals surface area contributed by atoms with Gasteiger partial charge >= 0.3 is 0 Å². The molecule has 0 N–H and O–H groups in total. The first-order valence-corrected chi connectivity index (χ1v) is 10.2. The van der Waals surface area contributed by atoms with E-state index in [0.717, 1.165) is 10.0 Å². The Morgan fingerprint density at radius 2 is 1.77 bits per heavy atom. The maximum atomic E-state index is 13.5. The van der Waals surface area contributed by atoms with E-state index in [1.54, 1.807) is 42.3 Å². The fourth-order valence-corrected chi connectivity index (χ4v) is 4.36. The monoisotopic (exact) mass is 461 g/mol. The molecule has 0 bridgehead atoms. The van der Waals surface area contributed by atoms with E-state index < -0.39 is 6.04 Å². The fourth-order valence-electron chi connectivity index (χ4n) is 3.94. The predicted molar refractivity (Wildman–Crippen MR) is 118 cm³/mol. The Bertz CT molecular complexity index is 1360. The lowest BCUT2D eigenvalue weighted by Gasteiger charge is -2.25. The van der Waals surface area contributed by atoms with Gasteiger partial charge in [-0.15, -0.1) is 0 Å². The molecule has 0 radical (unpaired) electrons. The molecular formula is C24H16BrNO4. The molecule has 1 amide bonds. The van der Waals surface area contributed by atoms with Crippen molar-refractivity contribution in [2.24, 2.45) is 0 Å². The molecule has 5 nitrogen and oxygen atoms in total. The average Bonchev–Trinajstić information content (AvgIpc) is 3.07. The zero-order valence-electron chi connectivity index (χ0n) is 16.0. The number of hydrogen-bond acceptors (Lipinski definition) is 4. The minimum atomic E-state index is -0.613. The van der Waals surface area contributed by atoms with Crippen LogP contribution in [0, 0.1) is 0 Å². The summed E-state index contributed by atoms with van der Waals surface area (Å²) in [4.78, 5) is 28.6. The average molecular weight is 462 g/mol. The molecule has 4 aromatic rings. The molecule has 3 aromatic carbocycles. The summed E-state index contributed by atoms with van der Waals surface area (Å²) in [6, 6.07) is 21.2. The first-order valence-electron chi connectivity index (χ1n) is 9.37. The number of rotatable bonds is 3. The van der Waals surface area contributed by atoms with Crippen LogP contribution in [-0.2, 0) is 0 Å². The molecule has 0 fully saturated rings. The van der Waals surface area contributed by atoms with Crippen LogP contribution in [0.4, 0.5) is 5.69 Å². The zero-order chi connectivity index (χ0) is 20.8. The van der Waals surface area contributed by atoms with Crippen LogP contribution in [0.15, 0.2) is 86.5 Å². The maximum absolute atomic E-state index is 13.5. The summed E-state index contributed by atoms with van der Waals surface area (Å²) in [7, 11) is 1.57. The van der Waals surface area contributed by atoms with Gasteiger partial charge in [-0.1, -0.05) is 46.3 Å². The van der Waals surface area contributed by atoms with Crippen LogP contribution < -0.4 is 15.1 Å². The lowest BCUT2D eigenvalue weighted by Crippen LogP contribution is -2.29. The smallest absolute Gasteiger partial charge is 0.295 e. The van der Waals surface area contributed by atoms with Crippen molar-refractivity contribution in [1.29, 1.82) is 0 Å². The number of anilines is 1. The molecule has 1 atom stereocenters. The summed E-state index contributed by atoms with van der Waals surface area (Å²) in [6.07, 6.45) is 0. The van der Waals surface area contributed by atoms with Crippen LogP contribution in [0.1, 0.15) is 27.7 Å². The highest BCUT2D eigenvalue weighted by atomic mass is 79.9. The number of ether oxygens (including phenoxy) is 1. The summed E-state index contributed by atoms with van der Waals surface area (Å²) >= 11 is 3.50.